The maximum absolute atomic E-state index is 6.75. The molecule has 30 heavy (non-hydrogen) atoms. The van der Waals surface area contributed by atoms with Gasteiger partial charge in [-0.25, -0.2) is 0 Å². The Labute approximate surface area is 189 Å². The molecule has 0 saturated heterocycles. The second-order valence-electron chi connectivity index (χ2n) is 11.8. The Bertz CT molecular complexity index is 529. The molecule has 0 N–H and O–H groups in total. The van der Waals surface area contributed by atoms with E-state index < -0.39 is 0 Å². The van der Waals surface area contributed by atoms with Crippen molar-refractivity contribution in [3.8, 4) is 0 Å². The molecule has 2 aliphatic rings. The molecular formula is C28H51BO. The van der Waals surface area contributed by atoms with Gasteiger partial charge in [0.15, 0.2) is 0 Å². The van der Waals surface area contributed by atoms with Crippen molar-refractivity contribution in [2.24, 2.45) is 47.3 Å². The van der Waals surface area contributed by atoms with E-state index in [-0.39, 0.29) is 0 Å². The highest BCUT2D eigenvalue weighted by Gasteiger charge is 2.39. The molecule has 0 unspecified atom stereocenters. The third kappa shape index (κ3) is 7.20. The molecule has 0 heterocycles. The summed E-state index contributed by atoms with van der Waals surface area (Å²) in [6.45, 7) is 23.4. The van der Waals surface area contributed by atoms with E-state index in [9.17, 15) is 0 Å². The van der Waals surface area contributed by atoms with Crippen LogP contribution in [0, 0.1) is 47.3 Å². The average Bonchev–Trinajstić information content (AvgIpc) is 2.65. The summed E-state index contributed by atoms with van der Waals surface area (Å²) in [6, 6.07) is 0. The first-order chi connectivity index (χ1) is 14.1. The van der Waals surface area contributed by atoms with Gasteiger partial charge in [-0.15, -0.1) is 0 Å². The SMILES string of the molecule is C=C(C)/C(=C/C)OB(C[C@H]1C[C@H](C)CC[C@H]1C(C)C)C[C@H]1C[C@H](C)CC[C@H]1C(C)C. The van der Waals surface area contributed by atoms with E-state index in [1.165, 1.54) is 51.2 Å². The summed E-state index contributed by atoms with van der Waals surface area (Å²) in [5.41, 5.74) is 1.07. The minimum absolute atomic E-state index is 0.334. The number of hydrogen-bond acceptors (Lipinski definition) is 1. The Morgan fingerprint density at radius 3 is 1.67 bits per heavy atom. The van der Waals surface area contributed by atoms with E-state index in [0.29, 0.717) is 6.92 Å². The molecule has 0 aromatic rings. The monoisotopic (exact) mass is 414 g/mol. The predicted octanol–water partition coefficient (Wildman–Crippen LogP) is 8.89. The van der Waals surface area contributed by atoms with Gasteiger partial charge in [0, 0.05) is 0 Å². The first-order valence-electron chi connectivity index (χ1n) is 13.1. The van der Waals surface area contributed by atoms with Gasteiger partial charge in [-0.2, -0.15) is 0 Å². The number of allylic oxidation sites excluding steroid dienone is 2. The smallest absolute Gasteiger partial charge is 0.358 e. The number of hydrogen-bond donors (Lipinski definition) is 0. The van der Waals surface area contributed by atoms with Crippen LogP contribution in [0.15, 0.2) is 24.0 Å². The van der Waals surface area contributed by atoms with Crippen molar-refractivity contribution in [3.05, 3.63) is 24.0 Å². The summed E-state index contributed by atoms with van der Waals surface area (Å²) in [4.78, 5) is 0. The zero-order valence-electron chi connectivity index (χ0n) is 21.5. The molecule has 0 aliphatic heterocycles. The van der Waals surface area contributed by atoms with Crippen LogP contribution in [-0.2, 0) is 4.65 Å². The summed E-state index contributed by atoms with van der Waals surface area (Å²) in [5.74, 6) is 7.65. The molecule has 2 fully saturated rings. The third-order valence-electron chi connectivity index (χ3n) is 8.43. The van der Waals surface area contributed by atoms with Crippen molar-refractivity contribution in [1.82, 2.24) is 0 Å². The fraction of sp³-hybridized carbons (Fsp3) is 0.857. The van der Waals surface area contributed by atoms with Crippen LogP contribution in [0.4, 0.5) is 0 Å². The van der Waals surface area contributed by atoms with Crippen LogP contribution in [0.2, 0.25) is 12.6 Å². The van der Waals surface area contributed by atoms with E-state index in [0.717, 1.165) is 58.7 Å². The van der Waals surface area contributed by atoms with Crippen LogP contribution in [0.1, 0.15) is 93.9 Å². The molecule has 172 valence electrons. The Morgan fingerprint density at radius 1 is 0.900 bits per heavy atom. The van der Waals surface area contributed by atoms with E-state index >= 15 is 0 Å². The molecule has 1 nitrogen and oxygen atoms in total. The van der Waals surface area contributed by atoms with E-state index in [1.54, 1.807) is 0 Å². The molecule has 0 aromatic carbocycles. The molecule has 6 atom stereocenters. The summed E-state index contributed by atoms with van der Waals surface area (Å²) < 4.78 is 6.75. The largest absolute Gasteiger partial charge is 0.561 e. The highest BCUT2D eigenvalue weighted by atomic mass is 16.4. The Hall–Kier alpha value is -0.655. The molecule has 0 amide bonds. The second-order valence-corrected chi connectivity index (χ2v) is 11.8. The molecule has 0 spiro atoms. The van der Waals surface area contributed by atoms with E-state index in [1.807, 2.05) is 0 Å². The fourth-order valence-corrected chi connectivity index (χ4v) is 6.80. The van der Waals surface area contributed by atoms with Gasteiger partial charge in [-0.3, -0.25) is 0 Å². The fourth-order valence-electron chi connectivity index (χ4n) is 6.80. The van der Waals surface area contributed by atoms with Crippen LogP contribution in [0.5, 0.6) is 0 Å². The maximum atomic E-state index is 6.75. The average molecular weight is 415 g/mol. The van der Waals surface area contributed by atoms with Gasteiger partial charge >= 0.3 is 6.92 Å². The van der Waals surface area contributed by atoms with Crippen molar-refractivity contribution in [2.45, 2.75) is 107 Å². The topological polar surface area (TPSA) is 9.23 Å². The van der Waals surface area contributed by atoms with Crippen molar-refractivity contribution in [1.29, 1.82) is 0 Å². The van der Waals surface area contributed by atoms with Gasteiger partial charge in [0.05, 0.1) is 5.76 Å². The van der Waals surface area contributed by atoms with E-state index in [4.69, 9.17) is 4.65 Å². The molecule has 2 aliphatic carbocycles. The number of rotatable bonds is 9. The van der Waals surface area contributed by atoms with E-state index in [2.05, 4.69) is 68.0 Å². The predicted molar refractivity (Wildman–Crippen MR) is 135 cm³/mol. The van der Waals surface area contributed by atoms with Crippen LogP contribution in [0.25, 0.3) is 0 Å². The van der Waals surface area contributed by atoms with Crippen molar-refractivity contribution in [3.63, 3.8) is 0 Å². The van der Waals surface area contributed by atoms with Crippen molar-refractivity contribution >= 4 is 6.92 Å². The Balaban J connectivity index is 2.21. The second kappa shape index (κ2) is 11.8. The molecule has 0 aromatic heterocycles. The summed E-state index contributed by atoms with van der Waals surface area (Å²) in [6.07, 6.45) is 13.0. The zero-order valence-corrected chi connectivity index (χ0v) is 21.5. The van der Waals surface area contributed by atoms with Crippen LogP contribution in [-0.4, -0.2) is 6.92 Å². The van der Waals surface area contributed by atoms with Gasteiger partial charge in [0.1, 0.15) is 0 Å². The highest BCUT2D eigenvalue weighted by Crippen LogP contribution is 2.44. The zero-order chi connectivity index (χ0) is 22.4. The van der Waals surface area contributed by atoms with Crippen LogP contribution in [0.3, 0.4) is 0 Å². The standard InChI is InChI=1S/C28H51BO/c1-10-28(21(6)7)30-29(17-24-15-22(8)11-13-26(24)19(2)3)18-25-16-23(9)12-14-27(25)20(4)5/h10,19-20,22-27H,6,11-18H2,1-5,7-9H3/b28-10-/t22-,23-,24-,25-,26+,27+/m1/s1. The third-order valence-corrected chi connectivity index (χ3v) is 8.43. The van der Waals surface area contributed by atoms with Crippen LogP contribution < -0.4 is 0 Å². The molecule has 2 saturated carbocycles. The molecule has 2 heteroatoms. The quantitative estimate of drug-likeness (QED) is 0.208. The van der Waals surface area contributed by atoms with Gasteiger partial charge < -0.3 is 4.65 Å². The normalized spacial score (nSPS) is 33.1. The van der Waals surface area contributed by atoms with Crippen LogP contribution >= 0.6 is 0 Å². The maximum Gasteiger partial charge on any atom is 0.358 e. The molecule has 0 radical (unpaired) electrons. The lowest BCUT2D eigenvalue weighted by atomic mass is 9.48. The van der Waals surface area contributed by atoms with Crippen molar-refractivity contribution in [2.75, 3.05) is 0 Å². The summed E-state index contributed by atoms with van der Waals surface area (Å²) >= 11 is 0. The molecule has 0 bridgehead atoms. The van der Waals surface area contributed by atoms with Gasteiger partial charge in [-0.05, 0) is 111 Å². The lowest BCUT2D eigenvalue weighted by Crippen LogP contribution is -2.36. The lowest BCUT2D eigenvalue weighted by Gasteiger charge is -2.41. The first-order valence-corrected chi connectivity index (χ1v) is 13.1. The van der Waals surface area contributed by atoms with Crippen molar-refractivity contribution < 1.29 is 4.65 Å². The lowest BCUT2D eigenvalue weighted by molar-refractivity contribution is 0.146. The first kappa shape index (κ1) is 25.6. The molecule has 2 rings (SSSR count). The van der Waals surface area contributed by atoms with Gasteiger partial charge in [-0.1, -0.05) is 61.0 Å². The highest BCUT2D eigenvalue weighted by molar-refractivity contribution is 6.52. The minimum Gasteiger partial charge on any atom is -0.561 e. The van der Waals surface area contributed by atoms with Gasteiger partial charge in [0.25, 0.3) is 0 Å². The Kier molecular flexibility index (Phi) is 10.1. The van der Waals surface area contributed by atoms with Gasteiger partial charge in [0.2, 0.25) is 0 Å². The summed E-state index contributed by atoms with van der Waals surface area (Å²) in [7, 11) is 0. The Morgan fingerprint density at radius 2 is 1.33 bits per heavy atom. The molecular weight excluding hydrogens is 363 g/mol. The summed E-state index contributed by atoms with van der Waals surface area (Å²) in [5, 5.41) is 0. The minimum atomic E-state index is 0.334.